The van der Waals surface area contributed by atoms with Crippen molar-refractivity contribution in [3.63, 3.8) is 0 Å². The molecule has 0 bridgehead atoms. The van der Waals surface area contributed by atoms with Gasteiger partial charge >= 0.3 is 0 Å². The number of unbranched alkanes of at least 4 members (excludes halogenated alkanes) is 2. The van der Waals surface area contributed by atoms with Crippen LogP contribution in [0.2, 0.25) is 0 Å². The summed E-state index contributed by atoms with van der Waals surface area (Å²) in [6.07, 6.45) is 2.09. The van der Waals surface area contributed by atoms with E-state index in [1.807, 2.05) is 20.8 Å². The van der Waals surface area contributed by atoms with Crippen LogP contribution in [0.5, 0.6) is 5.75 Å². The lowest BCUT2D eigenvalue weighted by Crippen LogP contribution is -2.17. The molecule has 21 heavy (non-hydrogen) atoms. The number of rotatable bonds is 6. The third-order valence-corrected chi connectivity index (χ3v) is 3.94. The molecule has 1 aromatic carbocycles. The minimum Gasteiger partial charge on any atom is -0.493 e. The molecule has 0 saturated carbocycles. The zero-order chi connectivity index (χ0) is 16.1. The van der Waals surface area contributed by atoms with E-state index in [0.717, 1.165) is 18.4 Å². The van der Waals surface area contributed by atoms with E-state index < -0.39 is 10.0 Å². The van der Waals surface area contributed by atoms with Crippen molar-refractivity contribution < 1.29 is 13.2 Å². The van der Waals surface area contributed by atoms with Crippen molar-refractivity contribution in [2.24, 2.45) is 5.14 Å². The second-order valence-electron chi connectivity index (χ2n) is 5.92. The van der Waals surface area contributed by atoms with E-state index in [1.165, 1.54) is 6.07 Å². The topological polar surface area (TPSA) is 93.2 Å². The van der Waals surface area contributed by atoms with Crippen molar-refractivity contribution in [3.05, 3.63) is 23.8 Å². The van der Waals surface area contributed by atoms with Gasteiger partial charge in [0.1, 0.15) is 5.75 Å². The molecule has 2 N–H and O–H groups in total. The van der Waals surface area contributed by atoms with Crippen molar-refractivity contribution >= 4 is 10.0 Å². The largest absolute Gasteiger partial charge is 0.493 e. The summed E-state index contributed by atoms with van der Waals surface area (Å²) in [6.45, 7) is 6.45. The summed E-state index contributed by atoms with van der Waals surface area (Å²) < 4.78 is 28.7. The molecule has 1 aromatic rings. The maximum absolute atomic E-state index is 11.5. The van der Waals surface area contributed by atoms with E-state index in [0.29, 0.717) is 18.8 Å². The lowest BCUT2D eigenvalue weighted by atomic mass is 9.86. The fraction of sp³-hybridized carbons (Fsp3) is 0.533. The van der Waals surface area contributed by atoms with Crippen LogP contribution in [-0.2, 0) is 15.4 Å². The Kier molecular flexibility index (Phi) is 5.76. The van der Waals surface area contributed by atoms with Crippen LogP contribution in [0.4, 0.5) is 0 Å². The van der Waals surface area contributed by atoms with Gasteiger partial charge in [-0.1, -0.05) is 20.8 Å². The number of nitrogens with zero attached hydrogens (tertiary/aromatic N) is 1. The summed E-state index contributed by atoms with van der Waals surface area (Å²) in [5.74, 6) is 0.659. The molecule has 0 radical (unpaired) electrons. The number of nitrogens with two attached hydrogens (primary N) is 1. The van der Waals surface area contributed by atoms with Gasteiger partial charge in [-0.3, -0.25) is 0 Å². The van der Waals surface area contributed by atoms with Gasteiger partial charge in [0, 0.05) is 12.0 Å². The highest BCUT2D eigenvalue weighted by atomic mass is 32.2. The Labute approximate surface area is 126 Å². The summed E-state index contributed by atoms with van der Waals surface area (Å²) in [5, 5.41) is 13.7. The Hall–Kier alpha value is -1.58. The lowest BCUT2D eigenvalue weighted by molar-refractivity contribution is 0.299. The molecular formula is C15H22N2O3S. The molecule has 0 aliphatic carbocycles. The minimum atomic E-state index is -3.73. The summed E-state index contributed by atoms with van der Waals surface area (Å²) in [4.78, 5) is 0.0873. The Balaban J connectivity index is 2.96. The number of sulfonamides is 1. The molecule has 0 aliphatic heterocycles. The van der Waals surface area contributed by atoms with Crippen LogP contribution in [0.15, 0.2) is 23.1 Å². The van der Waals surface area contributed by atoms with Crippen LogP contribution in [0.25, 0.3) is 0 Å². The van der Waals surface area contributed by atoms with E-state index in [2.05, 4.69) is 6.07 Å². The summed E-state index contributed by atoms with van der Waals surface area (Å²) in [7, 11) is -3.73. The maximum Gasteiger partial charge on any atom is 0.238 e. The zero-order valence-corrected chi connectivity index (χ0v) is 13.5. The quantitative estimate of drug-likeness (QED) is 0.817. The minimum absolute atomic E-state index is 0.0873. The van der Waals surface area contributed by atoms with Gasteiger partial charge < -0.3 is 4.74 Å². The molecule has 5 nitrogen and oxygen atoms in total. The van der Waals surface area contributed by atoms with Gasteiger partial charge in [-0.15, -0.1) is 0 Å². The SMILES string of the molecule is CC(C)(C)c1cc(S(N)(=O)=O)ccc1OCCCCC#N. The predicted octanol–water partition coefficient (Wildman–Crippen LogP) is 2.70. The molecule has 116 valence electrons. The van der Waals surface area contributed by atoms with Crippen molar-refractivity contribution in [2.45, 2.75) is 50.3 Å². The van der Waals surface area contributed by atoms with Crippen LogP contribution in [-0.4, -0.2) is 15.0 Å². The Morgan fingerprint density at radius 2 is 1.95 bits per heavy atom. The molecule has 0 atom stereocenters. The van der Waals surface area contributed by atoms with Gasteiger partial charge in [-0.05, 0) is 36.5 Å². The Bertz CT molecular complexity index is 625. The first-order valence-corrected chi connectivity index (χ1v) is 8.38. The van der Waals surface area contributed by atoms with Crippen molar-refractivity contribution in [1.82, 2.24) is 0 Å². The van der Waals surface area contributed by atoms with Crippen LogP contribution < -0.4 is 9.88 Å². The number of hydrogen-bond acceptors (Lipinski definition) is 4. The summed E-state index contributed by atoms with van der Waals surface area (Å²) >= 11 is 0. The highest BCUT2D eigenvalue weighted by Crippen LogP contribution is 2.33. The number of hydrogen-bond donors (Lipinski definition) is 1. The second kappa shape index (κ2) is 6.92. The Morgan fingerprint density at radius 1 is 1.29 bits per heavy atom. The van der Waals surface area contributed by atoms with Crippen LogP contribution >= 0.6 is 0 Å². The van der Waals surface area contributed by atoms with Crippen molar-refractivity contribution in [3.8, 4) is 11.8 Å². The molecule has 0 aliphatic rings. The average Bonchev–Trinajstić information content (AvgIpc) is 2.36. The molecule has 0 spiro atoms. The molecule has 6 heteroatoms. The molecule has 0 amide bonds. The van der Waals surface area contributed by atoms with E-state index in [-0.39, 0.29) is 10.3 Å². The zero-order valence-electron chi connectivity index (χ0n) is 12.7. The molecule has 0 unspecified atom stereocenters. The van der Waals surface area contributed by atoms with Gasteiger partial charge in [0.05, 0.1) is 17.6 Å². The first kappa shape index (κ1) is 17.5. The smallest absolute Gasteiger partial charge is 0.238 e. The van der Waals surface area contributed by atoms with Gasteiger partial charge in [0.2, 0.25) is 10.0 Å². The van der Waals surface area contributed by atoms with E-state index in [1.54, 1.807) is 12.1 Å². The fourth-order valence-electron chi connectivity index (χ4n) is 1.89. The van der Waals surface area contributed by atoms with Crippen LogP contribution in [0.3, 0.4) is 0 Å². The molecular weight excluding hydrogens is 288 g/mol. The van der Waals surface area contributed by atoms with Gasteiger partial charge in [0.15, 0.2) is 0 Å². The maximum atomic E-state index is 11.5. The molecule has 0 fully saturated rings. The highest BCUT2D eigenvalue weighted by Gasteiger charge is 2.22. The van der Waals surface area contributed by atoms with Crippen LogP contribution in [0, 0.1) is 11.3 Å². The number of primary sulfonamides is 1. The summed E-state index contributed by atoms with van der Waals surface area (Å²) in [5.41, 5.74) is 0.539. The third-order valence-electron chi connectivity index (χ3n) is 3.03. The molecule has 0 saturated heterocycles. The lowest BCUT2D eigenvalue weighted by Gasteiger charge is -2.23. The molecule has 0 aromatic heterocycles. The number of nitriles is 1. The van der Waals surface area contributed by atoms with Gasteiger partial charge in [-0.25, -0.2) is 13.6 Å². The highest BCUT2D eigenvalue weighted by molar-refractivity contribution is 7.89. The van der Waals surface area contributed by atoms with E-state index in [4.69, 9.17) is 15.1 Å². The second-order valence-corrected chi connectivity index (χ2v) is 7.48. The fourth-order valence-corrected chi connectivity index (χ4v) is 2.43. The normalized spacial score (nSPS) is 12.0. The molecule has 1 rings (SSSR count). The predicted molar refractivity (Wildman–Crippen MR) is 81.5 cm³/mol. The first-order valence-electron chi connectivity index (χ1n) is 6.83. The van der Waals surface area contributed by atoms with Gasteiger partial charge in [0.25, 0.3) is 0 Å². The number of ether oxygens (including phenoxy) is 1. The monoisotopic (exact) mass is 310 g/mol. The van der Waals surface area contributed by atoms with E-state index in [9.17, 15) is 8.42 Å². The van der Waals surface area contributed by atoms with Crippen molar-refractivity contribution in [2.75, 3.05) is 6.61 Å². The van der Waals surface area contributed by atoms with Crippen LogP contribution in [0.1, 0.15) is 45.6 Å². The van der Waals surface area contributed by atoms with Crippen molar-refractivity contribution in [1.29, 1.82) is 5.26 Å². The average molecular weight is 310 g/mol. The Morgan fingerprint density at radius 3 is 2.48 bits per heavy atom. The first-order chi connectivity index (χ1) is 9.66. The number of benzene rings is 1. The van der Waals surface area contributed by atoms with Gasteiger partial charge in [-0.2, -0.15) is 5.26 Å². The summed E-state index contributed by atoms with van der Waals surface area (Å²) in [6, 6.07) is 6.76. The standard InChI is InChI=1S/C15H22N2O3S/c1-15(2,3)13-11-12(21(17,18)19)7-8-14(13)20-10-6-4-5-9-16/h7-8,11H,4-6,10H2,1-3H3,(H2,17,18,19). The third kappa shape index (κ3) is 5.37. The van der Waals surface area contributed by atoms with E-state index >= 15 is 0 Å². The molecule has 0 heterocycles.